The first kappa shape index (κ1) is 12.6. The molecule has 0 aromatic carbocycles. The second kappa shape index (κ2) is 5.27. The van der Waals surface area contributed by atoms with E-state index in [1.807, 2.05) is 0 Å². The predicted octanol–water partition coefficient (Wildman–Crippen LogP) is 1.28. The maximum Gasteiger partial charge on any atom is 0.166 e. The first-order valence-electron chi connectivity index (χ1n) is 7.29. The summed E-state index contributed by atoms with van der Waals surface area (Å²) >= 11 is 0. The van der Waals surface area contributed by atoms with Crippen LogP contribution >= 0.6 is 0 Å². The average molecular weight is 253 g/mol. The molecule has 0 bridgehead atoms. The lowest BCUT2D eigenvalue weighted by Gasteiger charge is -2.39. The van der Waals surface area contributed by atoms with Crippen LogP contribution in [0.25, 0.3) is 0 Å². The van der Waals surface area contributed by atoms with Crippen molar-refractivity contribution < 1.29 is 14.3 Å². The number of hydrogen-bond donors (Lipinski definition) is 1. The van der Waals surface area contributed by atoms with Crippen LogP contribution in [0.15, 0.2) is 0 Å². The highest BCUT2D eigenvalue weighted by Gasteiger charge is 2.43. The van der Waals surface area contributed by atoms with E-state index in [0.29, 0.717) is 18.9 Å². The second-order valence-electron chi connectivity index (χ2n) is 5.89. The molecule has 2 atom stereocenters. The van der Waals surface area contributed by atoms with E-state index in [1.165, 1.54) is 12.8 Å². The number of carbonyl (C=O) groups is 1. The van der Waals surface area contributed by atoms with Crippen LogP contribution in [0.1, 0.15) is 38.5 Å². The van der Waals surface area contributed by atoms with Gasteiger partial charge in [0.1, 0.15) is 6.10 Å². The summed E-state index contributed by atoms with van der Waals surface area (Å²) in [6.07, 6.45) is 6.36. The molecule has 2 saturated heterocycles. The molecule has 0 radical (unpaired) electrons. The zero-order chi connectivity index (χ0) is 12.4. The Labute approximate surface area is 108 Å². The van der Waals surface area contributed by atoms with Gasteiger partial charge in [-0.1, -0.05) is 12.8 Å². The summed E-state index contributed by atoms with van der Waals surface area (Å²) in [5.41, 5.74) is 0.0284. The third-order valence-electron chi connectivity index (χ3n) is 4.66. The van der Waals surface area contributed by atoms with E-state index in [1.54, 1.807) is 0 Å². The number of Topliss-reactive ketones (excluding diaryl/α,β-unsaturated/α-hetero) is 1. The molecule has 2 heterocycles. The summed E-state index contributed by atoms with van der Waals surface area (Å²) in [6, 6.07) is 0. The van der Waals surface area contributed by atoms with Crippen molar-refractivity contribution in [3.63, 3.8) is 0 Å². The maximum absolute atomic E-state index is 12.5. The summed E-state index contributed by atoms with van der Waals surface area (Å²) < 4.78 is 11.6. The molecule has 4 nitrogen and oxygen atoms in total. The molecule has 1 saturated carbocycles. The Hall–Kier alpha value is -0.450. The molecule has 4 heteroatoms. The van der Waals surface area contributed by atoms with Crippen molar-refractivity contribution in [1.82, 2.24) is 5.32 Å². The fourth-order valence-corrected chi connectivity index (χ4v) is 3.65. The number of hydrogen-bond acceptors (Lipinski definition) is 4. The Morgan fingerprint density at radius 2 is 2.06 bits per heavy atom. The molecule has 1 spiro atoms. The van der Waals surface area contributed by atoms with Crippen molar-refractivity contribution in [1.29, 1.82) is 0 Å². The van der Waals surface area contributed by atoms with Gasteiger partial charge in [0.2, 0.25) is 0 Å². The van der Waals surface area contributed by atoms with E-state index in [-0.39, 0.29) is 17.6 Å². The minimum Gasteiger partial charge on any atom is -0.375 e. The molecule has 0 aromatic rings. The molecular formula is C14H23NO3. The van der Waals surface area contributed by atoms with E-state index in [2.05, 4.69) is 5.32 Å². The third-order valence-corrected chi connectivity index (χ3v) is 4.66. The zero-order valence-electron chi connectivity index (χ0n) is 11.0. The molecule has 1 aliphatic carbocycles. The van der Waals surface area contributed by atoms with Gasteiger partial charge in [-0.15, -0.1) is 0 Å². The highest BCUT2D eigenvalue weighted by atomic mass is 16.5. The quantitative estimate of drug-likeness (QED) is 0.805. The number of ketones is 1. The summed E-state index contributed by atoms with van der Waals surface area (Å²) in [5.74, 6) is 0.457. The normalized spacial score (nSPS) is 35.8. The van der Waals surface area contributed by atoms with E-state index in [4.69, 9.17) is 9.47 Å². The van der Waals surface area contributed by atoms with E-state index >= 15 is 0 Å². The predicted molar refractivity (Wildman–Crippen MR) is 67.5 cm³/mol. The average Bonchev–Trinajstić information content (AvgIpc) is 2.87. The number of ether oxygens (including phenoxy) is 2. The molecule has 102 valence electrons. The highest BCUT2D eigenvalue weighted by Crippen LogP contribution is 2.42. The molecule has 0 aromatic heterocycles. The van der Waals surface area contributed by atoms with E-state index in [9.17, 15) is 4.79 Å². The summed E-state index contributed by atoms with van der Waals surface area (Å²) in [6.45, 7) is 2.95. The minimum atomic E-state index is -0.222. The Kier molecular flexibility index (Phi) is 3.68. The van der Waals surface area contributed by atoms with Gasteiger partial charge in [-0.05, 0) is 25.7 Å². The van der Waals surface area contributed by atoms with E-state index < -0.39 is 0 Å². The van der Waals surface area contributed by atoms with Gasteiger partial charge < -0.3 is 14.8 Å². The SMILES string of the molecule is O=C(C1CCOC2(CCCC2)C1)C1CNCCO1. The van der Waals surface area contributed by atoms with Gasteiger partial charge in [0.05, 0.1) is 12.2 Å². The van der Waals surface area contributed by atoms with Gasteiger partial charge in [0.15, 0.2) is 5.78 Å². The summed E-state index contributed by atoms with van der Waals surface area (Å²) in [5, 5.41) is 3.24. The highest BCUT2D eigenvalue weighted by molar-refractivity contribution is 5.86. The van der Waals surface area contributed by atoms with Crippen molar-refractivity contribution in [2.24, 2.45) is 5.92 Å². The number of carbonyl (C=O) groups excluding carboxylic acids is 1. The standard InChI is InChI=1S/C14H23NO3/c16-13(12-10-15-6-8-17-12)11-3-7-18-14(9-11)4-1-2-5-14/h11-12,15H,1-10H2. The van der Waals surface area contributed by atoms with Crippen LogP contribution in [0.5, 0.6) is 0 Å². The molecule has 18 heavy (non-hydrogen) atoms. The fourth-order valence-electron chi connectivity index (χ4n) is 3.65. The molecule has 3 rings (SSSR count). The van der Waals surface area contributed by atoms with Crippen molar-refractivity contribution in [2.75, 3.05) is 26.3 Å². The molecule has 2 aliphatic heterocycles. The van der Waals surface area contributed by atoms with Gasteiger partial charge in [-0.25, -0.2) is 0 Å². The zero-order valence-corrected chi connectivity index (χ0v) is 11.0. The van der Waals surface area contributed by atoms with Gasteiger partial charge >= 0.3 is 0 Å². The second-order valence-corrected chi connectivity index (χ2v) is 5.89. The molecule has 2 unspecified atom stereocenters. The first-order chi connectivity index (χ1) is 8.79. The topological polar surface area (TPSA) is 47.6 Å². The smallest absolute Gasteiger partial charge is 0.166 e. The van der Waals surface area contributed by atoms with Crippen LogP contribution in [0.4, 0.5) is 0 Å². The fraction of sp³-hybridized carbons (Fsp3) is 0.929. The largest absolute Gasteiger partial charge is 0.375 e. The van der Waals surface area contributed by atoms with Gasteiger partial charge in [-0.2, -0.15) is 0 Å². The lowest BCUT2D eigenvalue weighted by atomic mass is 9.81. The Morgan fingerprint density at radius 1 is 1.22 bits per heavy atom. The lowest BCUT2D eigenvalue weighted by molar-refractivity contribution is -0.148. The van der Waals surface area contributed by atoms with Crippen LogP contribution in [0.2, 0.25) is 0 Å². The number of nitrogens with one attached hydrogen (secondary N) is 1. The van der Waals surface area contributed by atoms with Gasteiger partial charge in [0, 0.05) is 25.6 Å². The van der Waals surface area contributed by atoms with Gasteiger partial charge in [0.25, 0.3) is 0 Å². The Morgan fingerprint density at radius 3 is 2.78 bits per heavy atom. The van der Waals surface area contributed by atoms with Crippen molar-refractivity contribution in [3.8, 4) is 0 Å². The molecule has 3 fully saturated rings. The molecule has 1 N–H and O–H groups in total. The van der Waals surface area contributed by atoms with Crippen molar-refractivity contribution >= 4 is 5.78 Å². The molecular weight excluding hydrogens is 230 g/mol. The van der Waals surface area contributed by atoms with Crippen LogP contribution in [-0.4, -0.2) is 43.8 Å². The number of morpholine rings is 1. The van der Waals surface area contributed by atoms with Crippen LogP contribution < -0.4 is 5.32 Å². The lowest BCUT2D eigenvalue weighted by Crippen LogP contribution is -2.48. The maximum atomic E-state index is 12.5. The molecule has 3 aliphatic rings. The van der Waals surface area contributed by atoms with E-state index in [0.717, 1.165) is 38.8 Å². The summed E-state index contributed by atoms with van der Waals surface area (Å²) in [7, 11) is 0. The van der Waals surface area contributed by atoms with Crippen LogP contribution in [-0.2, 0) is 14.3 Å². The van der Waals surface area contributed by atoms with Crippen LogP contribution in [0.3, 0.4) is 0 Å². The Balaban J connectivity index is 1.62. The van der Waals surface area contributed by atoms with Crippen molar-refractivity contribution in [3.05, 3.63) is 0 Å². The third kappa shape index (κ3) is 2.46. The number of rotatable bonds is 2. The van der Waals surface area contributed by atoms with Gasteiger partial charge in [-0.3, -0.25) is 4.79 Å². The van der Waals surface area contributed by atoms with Crippen LogP contribution in [0, 0.1) is 5.92 Å². The van der Waals surface area contributed by atoms with Crippen molar-refractivity contribution in [2.45, 2.75) is 50.2 Å². The molecule has 0 amide bonds. The monoisotopic (exact) mass is 253 g/mol. The summed E-state index contributed by atoms with van der Waals surface area (Å²) in [4.78, 5) is 12.5. The first-order valence-corrected chi connectivity index (χ1v) is 7.29. The Bertz CT molecular complexity index is 306. The minimum absolute atomic E-state index is 0.0284.